The van der Waals surface area contributed by atoms with Gasteiger partial charge in [0.1, 0.15) is 5.75 Å². The van der Waals surface area contributed by atoms with E-state index in [-0.39, 0.29) is 11.8 Å². The lowest BCUT2D eigenvalue weighted by Crippen LogP contribution is -2.22. The van der Waals surface area contributed by atoms with Crippen molar-refractivity contribution in [2.75, 3.05) is 6.54 Å². The minimum Gasteiger partial charge on any atom is -0.435 e. The Balaban J connectivity index is 2.00. The minimum absolute atomic E-state index is 0.233. The Morgan fingerprint density at radius 1 is 1.35 bits per heavy atom. The largest absolute Gasteiger partial charge is 0.435 e. The van der Waals surface area contributed by atoms with Gasteiger partial charge in [-0.25, -0.2) is 0 Å². The van der Waals surface area contributed by atoms with Crippen molar-refractivity contribution in [2.24, 2.45) is 5.92 Å². The second kappa shape index (κ2) is 7.58. The molecule has 0 heterocycles. The quantitative estimate of drug-likeness (QED) is 0.719. The Labute approximate surface area is 119 Å². The second-order valence-electron chi connectivity index (χ2n) is 5.48. The van der Waals surface area contributed by atoms with Gasteiger partial charge in [-0.1, -0.05) is 31.9 Å². The molecule has 0 aliphatic heterocycles. The zero-order valence-corrected chi connectivity index (χ0v) is 11.9. The summed E-state index contributed by atoms with van der Waals surface area (Å²) in [5.41, 5.74) is 1.04. The van der Waals surface area contributed by atoms with Crippen LogP contribution in [0.4, 0.5) is 8.78 Å². The lowest BCUT2D eigenvalue weighted by Gasteiger charge is -2.19. The fourth-order valence-electron chi connectivity index (χ4n) is 2.42. The predicted molar refractivity (Wildman–Crippen MR) is 76.1 cm³/mol. The third-order valence-corrected chi connectivity index (χ3v) is 3.69. The van der Waals surface area contributed by atoms with Gasteiger partial charge in [0, 0.05) is 6.04 Å². The Kier molecular flexibility index (Phi) is 5.77. The molecule has 0 radical (unpaired) electrons. The summed E-state index contributed by atoms with van der Waals surface area (Å²) >= 11 is 0. The van der Waals surface area contributed by atoms with Crippen molar-refractivity contribution in [2.45, 2.75) is 51.7 Å². The first-order valence-corrected chi connectivity index (χ1v) is 7.47. The highest BCUT2D eigenvalue weighted by atomic mass is 19.3. The van der Waals surface area contributed by atoms with Crippen LogP contribution >= 0.6 is 0 Å². The highest BCUT2D eigenvalue weighted by Gasteiger charge is 2.23. The van der Waals surface area contributed by atoms with Crippen LogP contribution in [0.5, 0.6) is 5.75 Å². The summed E-state index contributed by atoms with van der Waals surface area (Å²) in [5.74, 6) is 1.12. The molecule has 0 saturated heterocycles. The van der Waals surface area contributed by atoms with Gasteiger partial charge in [0.05, 0.1) is 0 Å². The van der Waals surface area contributed by atoms with Gasteiger partial charge in [-0.3, -0.25) is 0 Å². The van der Waals surface area contributed by atoms with Gasteiger partial charge in [-0.15, -0.1) is 0 Å². The molecular formula is C16H23F2NO. The monoisotopic (exact) mass is 283 g/mol. The molecule has 2 nitrogen and oxygen atoms in total. The van der Waals surface area contributed by atoms with Crippen LogP contribution in [0.2, 0.25) is 0 Å². The molecule has 1 aliphatic rings. The van der Waals surface area contributed by atoms with Crippen LogP contribution in [0, 0.1) is 5.92 Å². The molecule has 1 aliphatic carbocycles. The number of halogens is 2. The second-order valence-corrected chi connectivity index (χ2v) is 5.48. The van der Waals surface area contributed by atoms with Crippen LogP contribution in [0.25, 0.3) is 0 Å². The summed E-state index contributed by atoms with van der Waals surface area (Å²) in [5, 5.41) is 3.51. The standard InChI is InChI=1S/C16H23F2NO/c1-2-10-19-15(9-8-12-6-7-12)13-4-3-5-14(11-13)20-16(17)18/h3-5,11-12,15-16,19H,2,6-10H2,1H3. The maximum absolute atomic E-state index is 12.3. The number of hydrogen-bond acceptors (Lipinski definition) is 2. The number of ether oxygens (including phenoxy) is 1. The number of hydrogen-bond donors (Lipinski definition) is 1. The van der Waals surface area contributed by atoms with Crippen molar-refractivity contribution in [1.29, 1.82) is 0 Å². The maximum Gasteiger partial charge on any atom is 0.387 e. The van der Waals surface area contributed by atoms with E-state index in [0.29, 0.717) is 0 Å². The fraction of sp³-hybridized carbons (Fsp3) is 0.625. The van der Waals surface area contributed by atoms with E-state index >= 15 is 0 Å². The molecule has 1 aromatic rings. The molecule has 1 fully saturated rings. The van der Waals surface area contributed by atoms with Crippen molar-refractivity contribution in [3.63, 3.8) is 0 Å². The minimum atomic E-state index is -2.77. The number of nitrogens with one attached hydrogen (secondary N) is 1. The fourth-order valence-corrected chi connectivity index (χ4v) is 2.42. The van der Waals surface area contributed by atoms with Crippen LogP contribution in [-0.2, 0) is 0 Å². The lowest BCUT2D eigenvalue weighted by atomic mass is 10.00. The molecule has 0 spiro atoms. The average Bonchev–Trinajstić information content (AvgIpc) is 3.22. The van der Waals surface area contributed by atoms with Gasteiger partial charge in [0.25, 0.3) is 0 Å². The molecular weight excluding hydrogens is 260 g/mol. The van der Waals surface area contributed by atoms with Gasteiger partial charge < -0.3 is 10.1 Å². The summed E-state index contributed by atoms with van der Waals surface area (Å²) in [6, 6.07) is 7.31. The third kappa shape index (κ3) is 5.08. The molecule has 1 aromatic carbocycles. The molecule has 1 unspecified atom stereocenters. The van der Waals surface area contributed by atoms with E-state index in [2.05, 4.69) is 17.0 Å². The molecule has 20 heavy (non-hydrogen) atoms. The van der Waals surface area contributed by atoms with E-state index in [4.69, 9.17) is 0 Å². The lowest BCUT2D eigenvalue weighted by molar-refractivity contribution is -0.0499. The Bertz CT molecular complexity index is 407. The average molecular weight is 283 g/mol. The highest BCUT2D eigenvalue weighted by Crippen LogP contribution is 2.36. The Morgan fingerprint density at radius 3 is 2.80 bits per heavy atom. The molecule has 2 rings (SSSR count). The third-order valence-electron chi connectivity index (χ3n) is 3.69. The molecule has 1 N–H and O–H groups in total. The Hall–Kier alpha value is -1.16. The van der Waals surface area contributed by atoms with Crippen molar-refractivity contribution in [1.82, 2.24) is 5.32 Å². The molecule has 112 valence electrons. The first-order valence-electron chi connectivity index (χ1n) is 7.47. The van der Waals surface area contributed by atoms with Crippen LogP contribution in [0.15, 0.2) is 24.3 Å². The zero-order valence-electron chi connectivity index (χ0n) is 11.9. The van der Waals surface area contributed by atoms with Crippen molar-refractivity contribution in [3.8, 4) is 5.75 Å². The molecule has 0 amide bonds. The maximum atomic E-state index is 12.3. The summed E-state index contributed by atoms with van der Waals surface area (Å²) in [7, 11) is 0. The first-order chi connectivity index (χ1) is 9.69. The van der Waals surface area contributed by atoms with E-state index in [1.807, 2.05) is 6.07 Å². The molecule has 4 heteroatoms. The van der Waals surface area contributed by atoms with Crippen molar-refractivity contribution < 1.29 is 13.5 Å². The molecule has 0 bridgehead atoms. The zero-order chi connectivity index (χ0) is 14.4. The van der Waals surface area contributed by atoms with Crippen LogP contribution in [0.1, 0.15) is 50.6 Å². The molecule has 1 atom stereocenters. The highest BCUT2D eigenvalue weighted by molar-refractivity contribution is 5.30. The topological polar surface area (TPSA) is 21.3 Å². The Morgan fingerprint density at radius 2 is 2.15 bits per heavy atom. The number of rotatable bonds is 9. The van der Waals surface area contributed by atoms with Crippen molar-refractivity contribution in [3.05, 3.63) is 29.8 Å². The van der Waals surface area contributed by atoms with E-state index in [0.717, 1.165) is 30.9 Å². The summed E-state index contributed by atoms with van der Waals surface area (Å²) in [4.78, 5) is 0. The summed E-state index contributed by atoms with van der Waals surface area (Å²) in [6.45, 7) is 0.301. The SMILES string of the molecule is CCCNC(CCC1CC1)c1cccc(OC(F)F)c1. The van der Waals surface area contributed by atoms with E-state index < -0.39 is 6.61 Å². The summed E-state index contributed by atoms with van der Waals surface area (Å²) in [6.07, 6.45) is 6.02. The molecule has 1 saturated carbocycles. The summed E-state index contributed by atoms with van der Waals surface area (Å²) < 4.78 is 29.0. The van der Waals surface area contributed by atoms with Crippen LogP contribution < -0.4 is 10.1 Å². The van der Waals surface area contributed by atoms with Crippen LogP contribution in [-0.4, -0.2) is 13.2 Å². The van der Waals surface area contributed by atoms with E-state index in [1.165, 1.54) is 19.3 Å². The van der Waals surface area contributed by atoms with E-state index in [1.54, 1.807) is 18.2 Å². The van der Waals surface area contributed by atoms with Gasteiger partial charge >= 0.3 is 6.61 Å². The van der Waals surface area contributed by atoms with Gasteiger partial charge in [-0.05, 0) is 49.4 Å². The van der Waals surface area contributed by atoms with Gasteiger partial charge in [0.15, 0.2) is 0 Å². The van der Waals surface area contributed by atoms with Crippen LogP contribution in [0.3, 0.4) is 0 Å². The first kappa shape index (κ1) is 15.2. The normalized spacial score (nSPS) is 16.4. The smallest absolute Gasteiger partial charge is 0.387 e. The van der Waals surface area contributed by atoms with Gasteiger partial charge in [-0.2, -0.15) is 8.78 Å². The van der Waals surface area contributed by atoms with Gasteiger partial charge in [0.2, 0.25) is 0 Å². The number of benzene rings is 1. The number of alkyl halides is 2. The van der Waals surface area contributed by atoms with Crippen molar-refractivity contribution >= 4 is 0 Å². The predicted octanol–water partition coefficient (Wildman–Crippen LogP) is 4.52. The molecule has 0 aromatic heterocycles. The van der Waals surface area contributed by atoms with E-state index in [9.17, 15) is 8.78 Å².